The minimum atomic E-state index is 0. The van der Waals surface area contributed by atoms with Crippen LogP contribution in [0, 0.1) is 0 Å². The van der Waals surface area contributed by atoms with Gasteiger partial charge in [-0.1, -0.05) is 38.0 Å². The molecule has 1 saturated carbocycles. The highest BCUT2D eigenvalue weighted by Gasteiger charge is 2.38. The topological polar surface area (TPSA) is 66.0 Å². The molecule has 1 atom stereocenters. The molecule has 6 nitrogen and oxygen atoms in total. The Labute approximate surface area is 198 Å². The highest BCUT2D eigenvalue weighted by atomic mass is 127. The lowest BCUT2D eigenvalue weighted by Gasteiger charge is -2.30. The largest absolute Gasteiger partial charge is 0.496 e. The summed E-state index contributed by atoms with van der Waals surface area (Å²) in [5.41, 5.74) is 1.31. The second-order valence-electron chi connectivity index (χ2n) is 8.21. The van der Waals surface area contributed by atoms with E-state index in [2.05, 4.69) is 35.8 Å². The first-order valence-electron chi connectivity index (χ1n) is 11.1. The minimum absolute atomic E-state index is 0. The molecule has 1 heterocycles. The molecule has 1 aromatic carbocycles. The van der Waals surface area contributed by atoms with Crippen molar-refractivity contribution in [2.24, 2.45) is 4.99 Å². The Morgan fingerprint density at radius 2 is 2.00 bits per heavy atom. The molecule has 2 fully saturated rings. The number of ether oxygens (including phenoxy) is 1. The van der Waals surface area contributed by atoms with Crippen molar-refractivity contribution in [3.63, 3.8) is 0 Å². The van der Waals surface area contributed by atoms with E-state index < -0.39 is 0 Å². The third-order valence-electron chi connectivity index (χ3n) is 6.31. The maximum Gasteiger partial charge on any atom is 0.222 e. The molecule has 7 heteroatoms. The fourth-order valence-corrected chi connectivity index (χ4v) is 4.72. The van der Waals surface area contributed by atoms with Gasteiger partial charge in [0.2, 0.25) is 5.91 Å². The zero-order valence-corrected chi connectivity index (χ0v) is 20.9. The van der Waals surface area contributed by atoms with E-state index in [1.165, 1.54) is 18.4 Å². The molecule has 2 N–H and O–H groups in total. The molecule has 0 aromatic heterocycles. The van der Waals surface area contributed by atoms with Crippen LogP contribution in [-0.4, -0.2) is 56.1 Å². The number of hydrogen-bond donors (Lipinski definition) is 2. The highest BCUT2D eigenvalue weighted by Crippen LogP contribution is 2.44. The van der Waals surface area contributed by atoms with Crippen molar-refractivity contribution in [2.45, 2.75) is 63.8 Å². The lowest BCUT2D eigenvalue weighted by atomic mass is 9.78. The van der Waals surface area contributed by atoms with Crippen LogP contribution < -0.4 is 15.4 Å². The highest BCUT2D eigenvalue weighted by molar-refractivity contribution is 14.0. The number of para-hydroxylation sites is 1. The normalized spacial score (nSPS) is 20.6. The number of nitrogens with zero attached hydrogens (tertiary/aromatic N) is 2. The van der Waals surface area contributed by atoms with Gasteiger partial charge >= 0.3 is 0 Å². The van der Waals surface area contributed by atoms with Crippen molar-refractivity contribution in [2.75, 3.05) is 33.3 Å². The van der Waals surface area contributed by atoms with Crippen molar-refractivity contribution in [3.05, 3.63) is 29.8 Å². The van der Waals surface area contributed by atoms with E-state index in [0.717, 1.165) is 57.2 Å². The number of carbonyl (C=O) groups is 1. The molecule has 2 aliphatic rings. The van der Waals surface area contributed by atoms with Gasteiger partial charge in [-0.2, -0.15) is 0 Å². The predicted molar refractivity (Wildman–Crippen MR) is 133 cm³/mol. The molecule has 1 amide bonds. The average molecular weight is 528 g/mol. The molecule has 1 unspecified atom stereocenters. The van der Waals surface area contributed by atoms with Gasteiger partial charge in [0.05, 0.1) is 13.7 Å². The van der Waals surface area contributed by atoms with Gasteiger partial charge in [-0.15, -0.1) is 24.0 Å². The Balaban J connectivity index is 0.00000320. The van der Waals surface area contributed by atoms with Crippen LogP contribution in [-0.2, 0) is 10.2 Å². The van der Waals surface area contributed by atoms with E-state index >= 15 is 0 Å². The Hall–Kier alpha value is -1.51. The Kier molecular flexibility index (Phi) is 9.71. The number of hydrogen-bond acceptors (Lipinski definition) is 3. The maximum atomic E-state index is 12.0. The van der Waals surface area contributed by atoms with Crippen LogP contribution in [0.1, 0.15) is 57.9 Å². The predicted octanol–water partition coefficient (Wildman–Crippen LogP) is 3.69. The number of amides is 1. The van der Waals surface area contributed by atoms with E-state index in [-0.39, 0.29) is 41.3 Å². The number of benzene rings is 1. The average Bonchev–Trinajstić information content (AvgIpc) is 3.42. The second-order valence-corrected chi connectivity index (χ2v) is 8.21. The Morgan fingerprint density at radius 3 is 2.67 bits per heavy atom. The van der Waals surface area contributed by atoms with Gasteiger partial charge in [0.1, 0.15) is 5.75 Å². The molecule has 1 aliphatic carbocycles. The first kappa shape index (κ1) is 24.8. The third kappa shape index (κ3) is 5.80. The monoisotopic (exact) mass is 528 g/mol. The van der Waals surface area contributed by atoms with Crippen molar-refractivity contribution < 1.29 is 9.53 Å². The van der Waals surface area contributed by atoms with Crippen molar-refractivity contribution in [1.29, 1.82) is 0 Å². The number of likely N-dealkylation sites (tertiary alicyclic amines) is 1. The molecule has 1 aliphatic heterocycles. The van der Waals surface area contributed by atoms with Gasteiger partial charge in [-0.3, -0.25) is 9.79 Å². The molecular formula is C23H37IN4O2. The smallest absolute Gasteiger partial charge is 0.222 e. The van der Waals surface area contributed by atoms with Crippen LogP contribution in [0.25, 0.3) is 0 Å². The van der Waals surface area contributed by atoms with E-state index in [9.17, 15) is 4.79 Å². The molecule has 1 aromatic rings. The zero-order chi connectivity index (χ0) is 20.7. The van der Waals surface area contributed by atoms with Gasteiger partial charge in [0.25, 0.3) is 0 Å². The van der Waals surface area contributed by atoms with E-state index in [1.807, 2.05) is 17.9 Å². The summed E-state index contributed by atoms with van der Waals surface area (Å²) in [6.07, 6.45) is 6.27. The molecule has 168 valence electrons. The van der Waals surface area contributed by atoms with Crippen LogP contribution in [0.15, 0.2) is 29.3 Å². The summed E-state index contributed by atoms with van der Waals surface area (Å²) < 4.78 is 5.67. The molecule has 3 rings (SSSR count). The number of methoxy groups -OCH3 is 1. The fourth-order valence-electron chi connectivity index (χ4n) is 4.72. The van der Waals surface area contributed by atoms with Crippen LogP contribution in [0.2, 0.25) is 0 Å². The number of rotatable bonds is 7. The molecule has 0 radical (unpaired) electrons. The maximum absolute atomic E-state index is 12.0. The molecule has 1 saturated heterocycles. The Morgan fingerprint density at radius 1 is 1.27 bits per heavy atom. The lowest BCUT2D eigenvalue weighted by molar-refractivity contribution is -0.129. The first-order chi connectivity index (χ1) is 14.1. The molecule has 0 bridgehead atoms. The quantitative estimate of drug-likeness (QED) is 0.322. The number of nitrogens with one attached hydrogen (secondary N) is 2. The van der Waals surface area contributed by atoms with Crippen LogP contribution in [0.5, 0.6) is 5.75 Å². The van der Waals surface area contributed by atoms with Gasteiger partial charge in [0.15, 0.2) is 5.96 Å². The SMILES string of the molecule is CCNC(=NCC1(c2ccccc2OC)CCCC1)NC1CCN(C(=O)CC)C1.I. The summed E-state index contributed by atoms with van der Waals surface area (Å²) in [7, 11) is 1.75. The van der Waals surface area contributed by atoms with Gasteiger partial charge < -0.3 is 20.3 Å². The minimum Gasteiger partial charge on any atom is -0.496 e. The van der Waals surface area contributed by atoms with E-state index in [4.69, 9.17) is 9.73 Å². The van der Waals surface area contributed by atoms with Gasteiger partial charge in [-0.25, -0.2) is 0 Å². The lowest BCUT2D eigenvalue weighted by Crippen LogP contribution is -2.45. The fraction of sp³-hybridized carbons (Fsp3) is 0.652. The van der Waals surface area contributed by atoms with Crippen molar-refractivity contribution in [1.82, 2.24) is 15.5 Å². The second kappa shape index (κ2) is 11.8. The number of carbonyl (C=O) groups excluding carboxylic acids is 1. The number of guanidine groups is 1. The van der Waals surface area contributed by atoms with Crippen LogP contribution in [0.4, 0.5) is 0 Å². The third-order valence-corrected chi connectivity index (χ3v) is 6.31. The van der Waals surface area contributed by atoms with Crippen LogP contribution >= 0.6 is 24.0 Å². The number of aliphatic imine (C=N–C) groups is 1. The van der Waals surface area contributed by atoms with Crippen LogP contribution in [0.3, 0.4) is 0 Å². The van der Waals surface area contributed by atoms with E-state index in [0.29, 0.717) is 6.42 Å². The van der Waals surface area contributed by atoms with Gasteiger partial charge in [-0.05, 0) is 32.3 Å². The van der Waals surface area contributed by atoms with E-state index in [1.54, 1.807) is 7.11 Å². The molecule has 0 spiro atoms. The van der Waals surface area contributed by atoms with Gasteiger partial charge in [0, 0.05) is 43.1 Å². The summed E-state index contributed by atoms with van der Waals surface area (Å²) in [6, 6.07) is 8.65. The summed E-state index contributed by atoms with van der Waals surface area (Å²) in [5, 5.41) is 6.95. The van der Waals surface area contributed by atoms with Crippen molar-refractivity contribution >= 4 is 35.8 Å². The first-order valence-corrected chi connectivity index (χ1v) is 11.1. The molecular weight excluding hydrogens is 491 g/mol. The summed E-state index contributed by atoms with van der Waals surface area (Å²) >= 11 is 0. The summed E-state index contributed by atoms with van der Waals surface area (Å²) in [4.78, 5) is 18.9. The summed E-state index contributed by atoms with van der Waals surface area (Å²) in [6.45, 7) is 7.16. The van der Waals surface area contributed by atoms with Crippen molar-refractivity contribution in [3.8, 4) is 5.75 Å². The zero-order valence-electron chi connectivity index (χ0n) is 18.6. The summed E-state index contributed by atoms with van der Waals surface area (Å²) in [5.74, 6) is 2.05. The molecule has 30 heavy (non-hydrogen) atoms. The number of halogens is 1. The Bertz CT molecular complexity index is 719. The standard InChI is InChI=1S/C23H36N4O2.HI/c1-4-21(28)27-15-12-18(16-27)26-22(24-5-2)25-17-23(13-8-9-14-23)19-10-6-7-11-20(19)29-3;/h6-7,10-11,18H,4-5,8-9,12-17H2,1-3H3,(H2,24,25,26);1H.